The zero-order chi connectivity index (χ0) is 19.6. The third kappa shape index (κ3) is 3.35. The molecule has 144 valence electrons. The van der Waals surface area contributed by atoms with E-state index in [2.05, 4.69) is 5.32 Å². The fourth-order valence-corrected chi connectivity index (χ4v) is 4.42. The van der Waals surface area contributed by atoms with Gasteiger partial charge in [0.25, 0.3) is 0 Å². The quantitative estimate of drug-likeness (QED) is 0.549. The number of nitrogens with one attached hydrogen (secondary N) is 1. The van der Waals surface area contributed by atoms with E-state index in [0.717, 1.165) is 53.5 Å². The highest BCUT2D eigenvalue weighted by molar-refractivity contribution is 6.30. The summed E-state index contributed by atoms with van der Waals surface area (Å²) in [7, 11) is 0. The van der Waals surface area contributed by atoms with Crippen molar-refractivity contribution in [3.05, 3.63) is 71.2 Å². The normalized spacial score (nSPS) is 15.5. The Labute approximate surface area is 170 Å². The van der Waals surface area contributed by atoms with Crippen molar-refractivity contribution in [1.29, 1.82) is 0 Å². The Morgan fingerprint density at radius 3 is 2.36 bits per heavy atom. The van der Waals surface area contributed by atoms with Crippen LogP contribution in [0.2, 0.25) is 5.02 Å². The highest BCUT2D eigenvalue weighted by Gasteiger charge is 2.42. The maximum Gasteiger partial charge on any atom is 0.235 e. The molecule has 1 aliphatic carbocycles. The number of hydrogen-bond acceptors (Lipinski definition) is 2. The number of carbonyl (C=O) groups is 1. The van der Waals surface area contributed by atoms with Crippen LogP contribution in [0, 0.1) is 0 Å². The zero-order valence-corrected chi connectivity index (χ0v) is 16.8. The lowest BCUT2D eigenvalue weighted by Crippen LogP contribution is -2.38. The Bertz CT molecular complexity index is 991. The molecule has 1 fully saturated rings. The Kier molecular flexibility index (Phi) is 5.27. The number of fused-ring (bicyclic) bond motifs is 1. The Balaban J connectivity index is 1.71. The number of ether oxygens (including phenoxy) is 1. The van der Waals surface area contributed by atoms with E-state index in [4.69, 9.17) is 16.3 Å². The summed E-state index contributed by atoms with van der Waals surface area (Å²) in [6.45, 7) is 2.58. The molecule has 3 nitrogen and oxygen atoms in total. The molecule has 0 bridgehead atoms. The van der Waals surface area contributed by atoms with Crippen molar-refractivity contribution in [2.24, 2.45) is 0 Å². The van der Waals surface area contributed by atoms with Crippen LogP contribution in [0.3, 0.4) is 0 Å². The fraction of sp³-hybridized carbons (Fsp3) is 0.292. The van der Waals surface area contributed by atoms with Crippen LogP contribution in [0.25, 0.3) is 10.8 Å². The molecule has 28 heavy (non-hydrogen) atoms. The summed E-state index contributed by atoms with van der Waals surface area (Å²) in [5.74, 6) is 0.894. The first-order valence-corrected chi connectivity index (χ1v) is 10.2. The first-order valence-electron chi connectivity index (χ1n) is 9.86. The standard InChI is InChI=1S/C24H24ClNO2/c1-2-28-22-14-13-21(19-7-3-4-8-20(19)22)26-23(27)24(15-5-6-16-24)17-9-11-18(25)12-10-17/h3-4,7-14H,2,5-6,15-16H2,1H3,(H,26,27). The highest BCUT2D eigenvalue weighted by Crippen LogP contribution is 2.43. The molecule has 1 saturated carbocycles. The van der Waals surface area contributed by atoms with E-state index in [1.807, 2.05) is 67.6 Å². The molecule has 1 aliphatic rings. The SMILES string of the molecule is CCOc1ccc(NC(=O)C2(c3ccc(Cl)cc3)CCCC2)c2ccccc12. The van der Waals surface area contributed by atoms with Gasteiger partial charge in [0, 0.05) is 21.5 Å². The van der Waals surface area contributed by atoms with Gasteiger partial charge < -0.3 is 10.1 Å². The van der Waals surface area contributed by atoms with Gasteiger partial charge in [0.2, 0.25) is 5.91 Å². The monoisotopic (exact) mass is 393 g/mol. The van der Waals surface area contributed by atoms with Crippen LogP contribution in [0.5, 0.6) is 5.75 Å². The molecule has 0 unspecified atom stereocenters. The summed E-state index contributed by atoms with van der Waals surface area (Å²) in [4.78, 5) is 13.5. The first-order chi connectivity index (χ1) is 13.6. The van der Waals surface area contributed by atoms with E-state index in [1.165, 1.54) is 0 Å². The predicted molar refractivity (Wildman–Crippen MR) is 115 cm³/mol. The van der Waals surface area contributed by atoms with Crippen molar-refractivity contribution in [1.82, 2.24) is 0 Å². The Morgan fingerprint density at radius 1 is 1.00 bits per heavy atom. The second kappa shape index (κ2) is 7.84. The van der Waals surface area contributed by atoms with Crippen LogP contribution in [0.4, 0.5) is 5.69 Å². The second-order valence-corrected chi connectivity index (χ2v) is 7.78. The number of anilines is 1. The summed E-state index contributed by atoms with van der Waals surface area (Å²) in [6, 6.07) is 19.6. The van der Waals surface area contributed by atoms with Gasteiger partial charge in [-0.1, -0.05) is 60.8 Å². The number of benzene rings is 3. The summed E-state index contributed by atoms with van der Waals surface area (Å²) >= 11 is 6.07. The van der Waals surface area contributed by atoms with E-state index >= 15 is 0 Å². The minimum atomic E-state index is -0.496. The average molecular weight is 394 g/mol. The van der Waals surface area contributed by atoms with Crippen molar-refractivity contribution in [2.75, 3.05) is 11.9 Å². The van der Waals surface area contributed by atoms with Gasteiger partial charge in [-0.05, 0) is 49.6 Å². The van der Waals surface area contributed by atoms with Crippen molar-refractivity contribution in [3.8, 4) is 5.75 Å². The molecule has 0 saturated heterocycles. The van der Waals surface area contributed by atoms with Crippen molar-refractivity contribution in [3.63, 3.8) is 0 Å². The summed E-state index contributed by atoms with van der Waals surface area (Å²) < 4.78 is 5.75. The summed E-state index contributed by atoms with van der Waals surface area (Å²) in [6.07, 6.45) is 3.82. The fourth-order valence-electron chi connectivity index (χ4n) is 4.30. The number of amides is 1. The van der Waals surface area contributed by atoms with Gasteiger partial charge in [0.1, 0.15) is 5.75 Å². The lowest BCUT2D eigenvalue weighted by Gasteiger charge is -2.29. The molecule has 0 radical (unpaired) electrons. The van der Waals surface area contributed by atoms with Gasteiger partial charge >= 0.3 is 0 Å². The first kappa shape index (κ1) is 18.8. The summed E-state index contributed by atoms with van der Waals surface area (Å²) in [5.41, 5.74) is 1.37. The van der Waals surface area contributed by atoms with Crippen molar-refractivity contribution < 1.29 is 9.53 Å². The van der Waals surface area contributed by atoms with Gasteiger partial charge in [0.05, 0.1) is 12.0 Å². The van der Waals surface area contributed by atoms with E-state index in [-0.39, 0.29) is 5.91 Å². The number of carbonyl (C=O) groups excluding carboxylic acids is 1. The van der Waals surface area contributed by atoms with Gasteiger partial charge in [-0.15, -0.1) is 0 Å². The largest absolute Gasteiger partial charge is 0.493 e. The lowest BCUT2D eigenvalue weighted by atomic mass is 9.78. The van der Waals surface area contributed by atoms with Crippen LogP contribution in [0.1, 0.15) is 38.2 Å². The van der Waals surface area contributed by atoms with E-state index in [1.54, 1.807) is 0 Å². The van der Waals surface area contributed by atoms with Crippen molar-refractivity contribution in [2.45, 2.75) is 38.0 Å². The van der Waals surface area contributed by atoms with E-state index in [9.17, 15) is 4.79 Å². The molecule has 0 atom stereocenters. The summed E-state index contributed by atoms with van der Waals surface area (Å²) in [5, 5.41) is 5.91. The third-order valence-electron chi connectivity index (χ3n) is 5.72. The maximum atomic E-state index is 13.5. The molecule has 1 amide bonds. The number of halogens is 1. The van der Waals surface area contributed by atoms with E-state index < -0.39 is 5.41 Å². The molecule has 4 rings (SSSR count). The van der Waals surface area contributed by atoms with Crippen LogP contribution >= 0.6 is 11.6 Å². The lowest BCUT2D eigenvalue weighted by molar-refractivity contribution is -0.121. The van der Waals surface area contributed by atoms with Crippen LogP contribution in [-0.2, 0) is 10.2 Å². The molecule has 0 aliphatic heterocycles. The van der Waals surface area contributed by atoms with Gasteiger partial charge in [-0.25, -0.2) is 0 Å². The molecule has 0 heterocycles. The molecule has 0 aromatic heterocycles. The van der Waals surface area contributed by atoms with E-state index in [0.29, 0.717) is 11.6 Å². The number of rotatable bonds is 5. The predicted octanol–water partition coefficient (Wildman–Crippen LogP) is 6.34. The molecular formula is C24H24ClNO2. The molecule has 3 aromatic rings. The molecule has 0 spiro atoms. The minimum Gasteiger partial charge on any atom is -0.493 e. The smallest absolute Gasteiger partial charge is 0.235 e. The maximum absolute atomic E-state index is 13.5. The number of hydrogen-bond donors (Lipinski definition) is 1. The van der Waals surface area contributed by atoms with Gasteiger partial charge in [-0.2, -0.15) is 0 Å². The van der Waals surface area contributed by atoms with Crippen LogP contribution in [0.15, 0.2) is 60.7 Å². The average Bonchev–Trinajstić information content (AvgIpc) is 3.22. The minimum absolute atomic E-state index is 0.0571. The second-order valence-electron chi connectivity index (χ2n) is 7.34. The molecular weight excluding hydrogens is 370 g/mol. The third-order valence-corrected chi connectivity index (χ3v) is 5.97. The zero-order valence-electron chi connectivity index (χ0n) is 16.0. The molecule has 3 aromatic carbocycles. The highest BCUT2D eigenvalue weighted by atomic mass is 35.5. The van der Waals surface area contributed by atoms with Crippen molar-refractivity contribution >= 4 is 34.0 Å². The molecule has 4 heteroatoms. The van der Waals surface area contributed by atoms with Gasteiger partial charge in [0.15, 0.2) is 0 Å². The Morgan fingerprint density at radius 2 is 1.68 bits per heavy atom. The topological polar surface area (TPSA) is 38.3 Å². The molecule has 1 N–H and O–H groups in total. The van der Waals surface area contributed by atoms with Crippen LogP contribution in [-0.4, -0.2) is 12.5 Å². The Hall–Kier alpha value is -2.52. The van der Waals surface area contributed by atoms with Crippen LogP contribution < -0.4 is 10.1 Å². The van der Waals surface area contributed by atoms with Gasteiger partial charge in [-0.3, -0.25) is 4.79 Å².